The molecule has 0 bridgehead atoms. The molecule has 14 heavy (non-hydrogen) atoms. The van der Waals surface area contributed by atoms with E-state index in [-0.39, 0.29) is 0 Å². The van der Waals surface area contributed by atoms with E-state index in [1.807, 2.05) is 0 Å². The van der Waals surface area contributed by atoms with Crippen LogP contribution in [-0.4, -0.2) is 0 Å². The summed E-state index contributed by atoms with van der Waals surface area (Å²) >= 11 is 0. The van der Waals surface area contributed by atoms with E-state index in [1.165, 1.54) is 36.8 Å². The van der Waals surface area contributed by atoms with Gasteiger partial charge in [0.15, 0.2) is 0 Å². The molecule has 0 radical (unpaired) electrons. The van der Waals surface area contributed by atoms with Gasteiger partial charge in [0.1, 0.15) is 0 Å². The van der Waals surface area contributed by atoms with Gasteiger partial charge in [-0.15, -0.1) is 0 Å². The average Bonchev–Trinajstić information content (AvgIpc) is 2.17. The fourth-order valence-corrected chi connectivity index (χ4v) is 1.80. The molecule has 0 heterocycles. The summed E-state index contributed by atoms with van der Waals surface area (Å²) in [5.41, 5.74) is 2.84. The number of hydrogen-bond acceptors (Lipinski definition) is 0. The second-order valence-electron chi connectivity index (χ2n) is 4.42. The maximum Gasteiger partial charge on any atom is -0.0276 e. The van der Waals surface area contributed by atoms with Gasteiger partial charge in [-0.2, -0.15) is 0 Å². The topological polar surface area (TPSA) is 0 Å². The Bertz CT molecular complexity index is 245. The molecule has 0 unspecified atom stereocenters. The number of hydrogen-bond donors (Lipinski definition) is 0. The van der Waals surface area contributed by atoms with Crippen molar-refractivity contribution in [3.05, 3.63) is 35.4 Å². The SMILES string of the molecule is CCC[C@H](C)CCc1ccc(C)cc1. The first-order valence-electron chi connectivity index (χ1n) is 5.78. The fraction of sp³-hybridized carbons (Fsp3) is 0.571. The Morgan fingerprint density at radius 2 is 1.71 bits per heavy atom. The molecule has 0 N–H and O–H groups in total. The van der Waals surface area contributed by atoms with E-state index < -0.39 is 0 Å². The van der Waals surface area contributed by atoms with Gasteiger partial charge in [0, 0.05) is 0 Å². The van der Waals surface area contributed by atoms with Gasteiger partial charge in [-0.1, -0.05) is 56.5 Å². The van der Waals surface area contributed by atoms with E-state index in [1.54, 1.807) is 0 Å². The molecule has 0 spiro atoms. The molecule has 0 amide bonds. The lowest BCUT2D eigenvalue weighted by molar-refractivity contribution is 0.486. The van der Waals surface area contributed by atoms with Crippen LogP contribution in [0.5, 0.6) is 0 Å². The van der Waals surface area contributed by atoms with Gasteiger partial charge in [-0.3, -0.25) is 0 Å². The van der Waals surface area contributed by atoms with E-state index in [0.29, 0.717) is 0 Å². The minimum absolute atomic E-state index is 0.876. The van der Waals surface area contributed by atoms with Gasteiger partial charge >= 0.3 is 0 Å². The molecule has 1 aromatic carbocycles. The normalized spacial score (nSPS) is 12.8. The summed E-state index contributed by atoms with van der Waals surface area (Å²) in [7, 11) is 0. The lowest BCUT2D eigenvalue weighted by Crippen LogP contribution is -1.96. The van der Waals surface area contributed by atoms with Crippen LogP contribution in [-0.2, 0) is 6.42 Å². The lowest BCUT2D eigenvalue weighted by atomic mass is 9.97. The smallest absolute Gasteiger partial charge is 0.0276 e. The maximum atomic E-state index is 2.36. The summed E-state index contributed by atoms with van der Waals surface area (Å²) in [6, 6.07) is 8.93. The van der Waals surface area contributed by atoms with Crippen LogP contribution < -0.4 is 0 Å². The van der Waals surface area contributed by atoms with Gasteiger partial charge in [0.05, 0.1) is 0 Å². The highest BCUT2D eigenvalue weighted by molar-refractivity contribution is 5.21. The predicted molar refractivity (Wildman–Crippen MR) is 63.6 cm³/mol. The highest BCUT2D eigenvalue weighted by Crippen LogP contribution is 2.14. The Hall–Kier alpha value is -0.780. The summed E-state index contributed by atoms with van der Waals surface area (Å²) in [6.07, 6.45) is 5.25. The van der Waals surface area contributed by atoms with E-state index >= 15 is 0 Å². The molecule has 1 rings (SSSR count). The van der Waals surface area contributed by atoms with Crippen LogP contribution in [0.4, 0.5) is 0 Å². The summed E-state index contributed by atoms with van der Waals surface area (Å²) in [4.78, 5) is 0. The summed E-state index contributed by atoms with van der Waals surface area (Å²) in [5, 5.41) is 0. The van der Waals surface area contributed by atoms with Gasteiger partial charge in [-0.05, 0) is 31.2 Å². The highest BCUT2D eigenvalue weighted by atomic mass is 14.1. The summed E-state index contributed by atoms with van der Waals surface area (Å²) in [5.74, 6) is 0.876. The third kappa shape index (κ3) is 3.95. The fourth-order valence-electron chi connectivity index (χ4n) is 1.80. The molecule has 0 nitrogen and oxygen atoms in total. The highest BCUT2D eigenvalue weighted by Gasteiger charge is 2.00. The molecule has 1 atom stereocenters. The summed E-state index contributed by atoms with van der Waals surface area (Å²) < 4.78 is 0. The van der Waals surface area contributed by atoms with Gasteiger partial charge in [0.2, 0.25) is 0 Å². The first kappa shape index (κ1) is 11.3. The van der Waals surface area contributed by atoms with Crippen molar-refractivity contribution in [1.82, 2.24) is 0 Å². The number of benzene rings is 1. The molecular formula is C14H22. The van der Waals surface area contributed by atoms with Crippen molar-refractivity contribution in [3.63, 3.8) is 0 Å². The van der Waals surface area contributed by atoms with Gasteiger partial charge < -0.3 is 0 Å². The molecule has 78 valence electrons. The number of rotatable bonds is 5. The van der Waals surface area contributed by atoms with Crippen LogP contribution in [0.1, 0.15) is 44.2 Å². The molecular weight excluding hydrogens is 168 g/mol. The zero-order valence-corrected chi connectivity index (χ0v) is 9.72. The maximum absolute atomic E-state index is 2.36. The van der Waals surface area contributed by atoms with E-state index in [4.69, 9.17) is 0 Å². The van der Waals surface area contributed by atoms with Crippen LogP contribution >= 0.6 is 0 Å². The van der Waals surface area contributed by atoms with Crippen LogP contribution in [0.15, 0.2) is 24.3 Å². The Labute approximate surface area is 88.4 Å². The van der Waals surface area contributed by atoms with Crippen molar-refractivity contribution in [2.75, 3.05) is 0 Å². The zero-order valence-electron chi connectivity index (χ0n) is 9.72. The average molecular weight is 190 g/mol. The van der Waals surface area contributed by atoms with Crippen molar-refractivity contribution < 1.29 is 0 Å². The minimum Gasteiger partial charge on any atom is -0.0654 e. The largest absolute Gasteiger partial charge is 0.0654 e. The van der Waals surface area contributed by atoms with E-state index in [2.05, 4.69) is 45.0 Å². The second kappa shape index (κ2) is 5.85. The third-order valence-electron chi connectivity index (χ3n) is 2.83. The van der Waals surface area contributed by atoms with Gasteiger partial charge in [-0.25, -0.2) is 0 Å². The standard InChI is InChI=1S/C14H22/c1-4-5-12(2)6-9-14-10-7-13(3)8-11-14/h7-8,10-12H,4-6,9H2,1-3H3/t12-/m0/s1. The zero-order chi connectivity index (χ0) is 10.4. The predicted octanol–water partition coefficient (Wildman–Crippen LogP) is 4.36. The Morgan fingerprint density at radius 3 is 2.29 bits per heavy atom. The van der Waals surface area contributed by atoms with E-state index in [0.717, 1.165) is 5.92 Å². The Kier molecular flexibility index (Phi) is 4.72. The number of aryl methyl sites for hydroxylation is 2. The van der Waals surface area contributed by atoms with Crippen molar-refractivity contribution in [2.45, 2.75) is 46.5 Å². The summed E-state index contributed by atoms with van der Waals surface area (Å²) in [6.45, 7) is 6.77. The van der Waals surface area contributed by atoms with Crippen LogP contribution in [0, 0.1) is 12.8 Å². The molecule has 0 aliphatic rings. The van der Waals surface area contributed by atoms with Gasteiger partial charge in [0.25, 0.3) is 0 Å². The monoisotopic (exact) mass is 190 g/mol. The van der Waals surface area contributed by atoms with Crippen molar-refractivity contribution >= 4 is 0 Å². The van der Waals surface area contributed by atoms with Crippen LogP contribution in [0.3, 0.4) is 0 Å². The Morgan fingerprint density at radius 1 is 1.07 bits per heavy atom. The lowest BCUT2D eigenvalue weighted by Gasteiger charge is -2.09. The molecule has 0 saturated carbocycles. The van der Waals surface area contributed by atoms with Crippen LogP contribution in [0.2, 0.25) is 0 Å². The van der Waals surface area contributed by atoms with Crippen molar-refractivity contribution in [2.24, 2.45) is 5.92 Å². The Balaban J connectivity index is 2.34. The first-order chi connectivity index (χ1) is 6.72. The molecule has 0 aliphatic heterocycles. The molecule has 0 aromatic heterocycles. The third-order valence-corrected chi connectivity index (χ3v) is 2.83. The van der Waals surface area contributed by atoms with Crippen molar-refractivity contribution in [3.8, 4) is 0 Å². The molecule has 0 saturated heterocycles. The van der Waals surface area contributed by atoms with E-state index in [9.17, 15) is 0 Å². The quantitative estimate of drug-likeness (QED) is 0.647. The van der Waals surface area contributed by atoms with Crippen molar-refractivity contribution in [1.29, 1.82) is 0 Å². The second-order valence-corrected chi connectivity index (χ2v) is 4.42. The molecule has 0 aliphatic carbocycles. The molecule has 0 heteroatoms. The minimum atomic E-state index is 0.876. The molecule has 1 aromatic rings. The molecule has 0 fully saturated rings. The van der Waals surface area contributed by atoms with Crippen LogP contribution in [0.25, 0.3) is 0 Å². The first-order valence-corrected chi connectivity index (χ1v) is 5.78.